The Morgan fingerprint density at radius 1 is 1.45 bits per heavy atom. The van der Waals surface area contributed by atoms with E-state index in [0.717, 1.165) is 0 Å². The lowest BCUT2D eigenvalue weighted by Gasteiger charge is -2.01. The van der Waals surface area contributed by atoms with E-state index in [-0.39, 0.29) is 18.7 Å². The number of hydrogen-bond acceptors (Lipinski definition) is 4. The summed E-state index contributed by atoms with van der Waals surface area (Å²) in [5, 5.41) is 14.1. The second-order valence-electron chi connectivity index (χ2n) is 2.16. The van der Waals surface area contributed by atoms with Gasteiger partial charge in [0.2, 0.25) is 0 Å². The molecule has 0 unspecified atom stereocenters. The summed E-state index contributed by atoms with van der Waals surface area (Å²) < 4.78 is 4.54. The number of ether oxygens (including phenoxy) is 1. The Hall–Kier alpha value is -1.19. The van der Waals surface area contributed by atoms with Gasteiger partial charge in [0.05, 0.1) is 6.61 Å². The van der Waals surface area contributed by atoms with Crippen molar-refractivity contribution in [3.63, 3.8) is 0 Å². The molecule has 0 rings (SSSR count). The van der Waals surface area contributed by atoms with Gasteiger partial charge >= 0.3 is 5.97 Å². The van der Waals surface area contributed by atoms with Gasteiger partial charge in [-0.25, -0.2) is 4.79 Å². The molecule has 0 saturated carbocycles. The quantitative estimate of drug-likeness (QED) is 0.470. The van der Waals surface area contributed by atoms with Crippen LogP contribution in [0, 0.1) is 10.8 Å². The van der Waals surface area contributed by atoms with Crippen LogP contribution in [-0.4, -0.2) is 24.0 Å². The lowest BCUT2D eigenvalue weighted by molar-refractivity contribution is -0.135. The first-order valence-corrected chi connectivity index (χ1v) is 3.36. The van der Waals surface area contributed by atoms with Gasteiger partial charge in [0.25, 0.3) is 0 Å². The van der Waals surface area contributed by atoms with Crippen molar-refractivity contribution in [1.82, 2.24) is 0 Å². The Kier molecular flexibility index (Phi) is 4.10. The van der Waals surface area contributed by atoms with E-state index in [0.29, 0.717) is 5.71 Å². The van der Waals surface area contributed by atoms with Crippen molar-refractivity contribution in [3.8, 4) is 0 Å². The van der Waals surface area contributed by atoms with E-state index in [1.54, 1.807) is 13.8 Å². The van der Waals surface area contributed by atoms with E-state index in [1.807, 2.05) is 0 Å². The highest BCUT2D eigenvalue weighted by atomic mass is 16.5. The fraction of sp³-hybridized carbons (Fsp3) is 0.571. The molecule has 0 spiro atoms. The van der Waals surface area contributed by atoms with Crippen LogP contribution >= 0.6 is 0 Å². The Labute approximate surface area is 65.6 Å². The molecule has 0 amide bonds. The minimum Gasteiger partial charge on any atom is -0.462 e. The second-order valence-corrected chi connectivity index (χ2v) is 2.16. The van der Waals surface area contributed by atoms with E-state index >= 15 is 0 Å². The van der Waals surface area contributed by atoms with Crippen LogP contribution in [-0.2, 0) is 9.53 Å². The zero-order valence-electron chi connectivity index (χ0n) is 6.73. The number of nitrogens with one attached hydrogen (secondary N) is 2. The van der Waals surface area contributed by atoms with Crippen LogP contribution in [0.5, 0.6) is 0 Å². The number of esters is 1. The summed E-state index contributed by atoms with van der Waals surface area (Å²) >= 11 is 0. The van der Waals surface area contributed by atoms with Crippen molar-refractivity contribution in [2.24, 2.45) is 0 Å². The van der Waals surface area contributed by atoms with Crippen LogP contribution in [0.4, 0.5) is 0 Å². The van der Waals surface area contributed by atoms with Gasteiger partial charge in [-0.15, -0.1) is 0 Å². The summed E-state index contributed by atoms with van der Waals surface area (Å²) in [6, 6.07) is 0. The first-order chi connectivity index (χ1) is 5.07. The molecule has 0 atom stereocenters. The van der Waals surface area contributed by atoms with Crippen LogP contribution in [0.3, 0.4) is 0 Å². The first-order valence-electron chi connectivity index (χ1n) is 3.36. The van der Waals surface area contributed by atoms with Gasteiger partial charge in [0.15, 0.2) is 0 Å². The third-order valence-electron chi connectivity index (χ3n) is 0.964. The Morgan fingerprint density at radius 2 is 2.00 bits per heavy atom. The largest absolute Gasteiger partial charge is 0.462 e. The Balaban J connectivity index is 3.83. The Bertz CT molecular complexity index is 187. The van der Waals surface area contributed by atoms with Gasteiger partial charge in [-0.05, 0) is 13.8 Å². The highest BCUT2D eigenvalue weighted by molar-refractivity contribution is 6.38. The number of carbonyl (C=O) groups is 1. The zero-order chi connectivity index (χ0) is 8.85. The van der Waals surface area contributed by atoms with Gasteiger partial charge in [-0.2, -0.15) is 0 Å². The summed E-state index contributed by atoms with van der Waals surface area (Å²) in [5.74, 6) is -0.626. The molecule has 0 aromatic rings. The van der Waals surface area contributed by atoms with Crippen LogP contribution in [0.25, 0.3) is 0 Å². The molecule has 0 fully saturated rings. The predicted molar refractivity (Wildman–Crippen MR) is 42.4 cm³/mol. The molecule has 0 bridgehead atoms. The standard InChI is InChI=1S/C7H12N2O2/c1-3-11-7(10)6(9)4-5(2)8/h8-9H,3-4H2,1-2H3. The molecule has 0 aromatic carbocycles. The van der Waals surface area contributed by atoms with Crippen LogP contribution in [0.1, 0.15) is 20.3 Å². The first kappa shape index (κ1) is 9.81. The number of carbonyl (C=O) groups excluding carboxylic acids is 1. The SMILES string of the molecule is CCOC(=O)C(=N)CC(C)=N. The smallest absolute Gasteiger partial charge is 0.352 e. The van der Waals surface area contributed by atoms with Crippen molar-refractivity contribution in [2.75, 3.05) is 6.61 Å². The molecule has 11 heavy (non-hydrogen) atoms. The molecular formula is C7H12N2O2. The number of hydrogen-bond donors (Lipinski definition) is 2. The maximum Gasteiger partial charge on any atom is 0.352 e. The average Bonchev–Trinajstić information content (AvgIpc) is 1.86. The second kappa shape index (κ2) is 4.60. The van der Waals surface area contributed by atoms with Gasteiger partial charge in [0.1, 0.15) is 5.71 Å². The summed E-state index contributed by atoms with van der Waals surface area (Å²) in [6.07, 6.45) is 0.0822. The van der Waals surface area contributed by atoms with Crippen molar-refractivity contribution in [2.45, 2.75) is 20.3 Å². The number of rotatable bonds is 4. The molecule has 0 aliphatic heterocycles. The van der Waals surface area contributed by atoms with Gasteiger partial charge in [0, 0.05) is 12.1 Å². The Morgan fingerprint density at radius 3 is 2.36 bits per heavy atom. The lowest BCUT2D eigenvalue weighted by Crippen LogP contribution is -2.18. The van der Waals surface area contributed by atoms with E-state index in [4.69, 9.17) is 10.8 Å². The van der Waals surface area contributed by atoms with Gasteiger partial charge in [-0.1, -0.05) is 0 Å². The monoisotopic (exact) mass is 156 g/mol. The van der Waals surface area contributed by atoms with Crippen molar-refractivity contribution in [1.29, 1.82) is 10.8 Å². The van der Waals surface area contributed by atoms with E-state index < -0.39 is 5.97 Å². The molecule has 0 radical (unpaired) electrons. The van der Waals surface area contributed by atoms with E-state index in [2.05, 4.69) is 4.74 Å². The topological polar surface area (TPSA) is 74.0 Å². The van der Waals surface area contributed by atoms with Crippen molar-refractivity contribution < 1.29 is 9.53 Å². The summed E-state index contributed by atoms with van der Waals surface area (Å²) in [6.45, 7) is 3.51. The summed E-state index contributed by atoms with van der Waals surface area (Å²) in [4.78, 5) is 10.7. The van der Waals surface area contributed by atoms with Gasteiger partial charge in [-0.3, -0.25) is 5.41 Å². The van der Waals surface area contributed by atoms with E-state index in [1.165, 1.54) is 0 Å². The maximum atomic E-state index is 10.7. The van der Waals surface area contributed by atoms with Crippen LogP contribution in [0.2, 0.25) is 0 Å². The van der Waals surface area contributed by atoms with Gasteiger partial charge < -0.3 is 10.1 Å². The maximum absolute atomic E-state index is 10.7. The highest BCUT2D eigenvalue weighted by Gasteiger charge is 2.09. The molecular weight excluding hydrogens is 144 g/mol. The van der Waals surface area contributed by atoms with Crippen LogP contribution < -0.4 is 0 Å². The minimum atomic E-state index is -0.626. The van der Waals surface area contributed by atoms with E-state index in [9.17, 15) is 4.79 Å². The fourth-order valence-corrected chi connectivity index (χ4v) is 0.556. The minimum absolute atomic E-state index is 0.0822. The van der Waals surface area contributed by atoms with Crippen molar-refractivity contribution in [3.05, 3.63) is 0 Å². The molecule has 0 saturated heterocycles. The molecule has 4 heteroatoms. The molecule has 2 N–H and O–H groups in total. The molecule has 0 heterocycles. The third-order valence-corrected chi connectivity index (χ3v) is 0.964. The normalized spacial score (nSPS) is 8.91. The molecule has 0 aliphatic carbocycles. The average molecular weight is 156 g/mol. The summed E-state index contributed by atoms with van der Waals surface area (Å²) in [7, 11) is 0. The predicted octanol–water partition coefficient (Wildman–Crippen LogP) is 0.999. The highest BCUT2D eigenvalue weighted by Crippen LogP contribution is 1.89. The molecule has 62 valence electrons. The lowest BCUT2D eigenvalue weighted by atomic mass is 10.2. The zero-order valence-corrected chi connectivity index (χ0v) is 6.73. The molecule has 4 nitrogen and oxygen atoms in total. The molecule has 0 aromatic heterocycles. The van der Waals surface area contributed by atoms with Crippen molar-refractivity contribution >= 4 is 17.4 Å². The third kappa shape index (κ3) is 4.25. The fourth-order valence-electron chi connectivity index (χ4n) is 0.556. The molecule has 0 aliphatic rings. The summed E-state index contributed by atoms with van der Waals surface area (Å²) in [5.41, 5.74) is 0.141. The van der Waals surface area contributed by atoms with Crippen LogP contribution in [0.15, 0.2) is 0 Å².